The summed E-state index contributed by atoms with van der Waals surface area (Å²) >= 11 is 0. The fraction of sp³-hybridized carbons (Fsp3) is 0.733. The van der Waals surface area contributed by atoms with Crippen molar-refractivity contribution in [2.24, 2.45) is 0 Å². The Bertz CT molecular complexity index is 516. The molecule has 0 saturated heterocycles. The third kappa shape index (κ3) is 8.11. The largest absolute Gasteiger partial charge is 1.00 e. The summed E-state index contributed by atoms with van der Waals surface area (Å²) in [6.45, 7) is 5.05. The van der Waals surface area contributed by atoms with Crippen molar-refractivity contribution in [1.82, 2.24) is 0 Å². The number of carbonyl (C=O) groups is 2. The van der Waals surface area contributed by atoms with E-state index >= 15 is 0 Å². The van der Waals surface area contributed by atoms with Crippen LogP contribution in [0.1, 0.15) is 59.3 Å². The first-order valence-corrected chi connectivity index (χ1v) is 9.09. The summed E-state index contributed by atoms with van der Waals surface area (Å²) in [5.41, 5.74) is 0. The summed E-state index contributed by atoms with van der Waals surface area (Å²) in [5.74, 6) is -2.17. The molecule has 0 saturated carbocycles. The van der Waals surface area contributed by atoms with Gasteiger partial charge in [0, 0.05) is 0 Å². The minimum atomic E-state index is -5.10. The number of esters is 2. The third-order valence-corrected chi connectivity index (χ3v) is 4.98. The Kier molecular flexibility index (Phi) is 13.9. The molecule has 0 amide bonds. The second-order valence-corrected chi connectivity index (χ2v) is 6.82. The molecule has 0 aromatic carbocycles. The number of ether oxygens (including phenoxy) is 2. The van der Waals surface area contributed by atoms with Crippen molar-refractivity contribution in [3.8, 4) is 0 Å². The van der Waals surface area contributed by atoms with Crippen molar-refractivity contribution >= 4 is 22.1 Å². The molecule has 0 N–H and O–H groups in total. The molecule has 7 nitrogen and oxygen atoms in total. The first-order valence-electron chi connectivity index (χ1n) is 7.68. The standard InChI is InChI=1S/C15H26O7S.Na/c1-4-7-8-9-11-21-13(16)12-15(6-3,23(18,19)20)14(17)22-10-5-2;/h5,10H,4,6-9,11-12H2,1-3H3,(H,18,19,20);/q;+1/p-1. The van der Waals surface area contributed by atoms with E-state index in [4.69, 9.17) is 4.74 Å². The van der Waals surface area contributed by atoms with Crippen molar-refractivity contribution in [1.29, 1.82) is 0 Å². The van der Waals surface area contributed by atoms with Gasteiger partial charge in [0.05, 0.1) is 19.3 Å². The Morgan fingerprint density at radius 3 is 2.25 bits per heavy atom. The molecule has 0 rings (SSSR count). The first-order chi connectivity index (χ1) is 10.7. The molecule has 134 valence electrons. The van der Waals surface area contributed by atoms with Crippen molar-refractivity contribution in [2.75, 3.05) is 6.61 Å². The van der Waals surface area contributed by atoms with Crippen LogP contribution in [0.5, 0.6) is 0 Å². The van der Waals surface area contributed by atoms with Gasteiger partial charge < -0.3 is 14.0 Å². The zero-order valence-electron chi connectivity index (χ0n) is 14.9. The van der Waals surface area contributed by atoms with Crippen LogP contribution >= 0.6 is 0 Å². The van der Waals surface area contributed by atoms with Gasteiger partial charge in [-0.1, -0.05) is 39.2 Å². The summed E-state index contributed by atoms with van der Waals surface area (Å²) < 4.78 is 41.7. The Hall–Kier alpha value is -0.410. The SMILES string of the molecule is CC=COC(=O)C(CC)(CC(=O)OCCCCCC)S(=O)(=O)[O-].[Na+]. The van der Waals surface area contributed by atoms with E-state index in [1.54, 1.807) is 6.92 Å². The van der Waals surface area contributed by atoms with Gasteiger partial charge in [-0.2, -0.15) is 0 Å². The summed E-state index contributed by atoms with van der Waals surface area (Å²) in [5, 5.41) is 0. The summed E-state index contributed by atoms with van der Waals surface area (Å²) in [7, 11) is -5.10. The average Bonchev–Trinajstić information content (AvgIpc) is 2.48. The summed E-state index contributed by atoms with van der Waals surface area (Å²) in [6.07, 6.45) is 4.66. The summed E-state index contributed by atoms with van der Waals surface area (Å²) in [6, 6.07) is 0. The molecule has 1 unspecified atom stereocenters. The Labute approximate surface area is 166 Å². The number of carbonyl (C=O) groups excluding carboxylic acids is 2. The second kappa shape index (κ2) is 12.9. The maximum Gasteiger partial charge on any atom is 1.00 e. The Morgan fingerprint density at radius 1 is 1.17 bits per heavy atom. The monoisotopic (exact) mass is 372 g/mol. The molecule has 0 bridgehead atoms. The van der Waals surface area contributed by atoms with Gasteiger partial charge in [0.25, 0.3) is 0 Å². The molecule has 0 heterocycles. The van der Waals surface area contributed by atoms with Gasteiger partial charge in [-0.15, -0.1) is 0 Å². The maximum atomic E-state index is 12.0. The molecule has 0 fully saturated rings. The zero-order chi connectivity index (χ0) is 17.9. The van der Waals surface area contributed by atoms with Gasteiger partial charge in [0.2, 0.25) is 0 Å². The third-order valence-electron chi connectivity index (χ3n) is 3.42. The topological polar surface area (TPSA) is 110 Å². The van der Waals surface area contributed by atoms with Crippen LogP contribution in [-0.2, 0) is 29.2 Å². The molecule has 0 aromatic rings. The first kappa shape index (κ1) is 25.8. The van der Waals surface area contributed by atoms with Crippen LogP contribution in [-0.4, -0.2) is 36.3 Å². The van der Waals surface area contributed by atoms with Crippen LogP contribution in [0.15, 0.2) is 12.3 Å². The van der Waals surface area contributed by atoms with Crippen molar-refractivity contribution in [2.45, 2.75) is 64.0 Å². The molecule has 9 heteroatoms. The van der Waals surface area contributed by atoms with Crippen LogP contribution in [0.2, 0.25) is 0 Å². The maximum absolute atomic E-state index is 12.0. The molecule has 0 aliphatic rings. The average molecular weight is 372 g/mol. The van der Waals surface area contributed by atoms with E-state index in [0.29, 0.717) is 6.42 Å². The minimum Gasteiger partial charge on any atom is -0.747 e. The Morgan fingerprint density at radius 2 is 1.79 bits per heavy atom. The van der Waals surface area contributed by atoms with Gasteiger partial charge in [0.1, 0.15) is 10.1 Å². The van der Waals surface area contributed by atoms with Crippen molar-refractivity contribution in [3.63, 3.8) is 0 Å². The predicted molar refractivity (Wildman–Crippen MR) is 83.3 cm³/mol. The van der Waals surface area contributed by atoms with Gasteiger partial charge in [0.15, 0.2) is 4.75 Å². The van der Waals surface area contributed by atoms with E-state index in [9.17, 15) is 22.6 Å². The summed E-state index contributed by atoms with van der Waals surface area (Å²) in [4.78, 5) is 23.8. The molecule has 24 heavy (non-hydrogen) atoms. The van der Waals surface area contributed by atoms with E-state index in [2.05, 4.69) is 4.74 Å². The van der Waals surface area contributed by atoms with Crippen LogP contribution in [0.25, 0.3) is 0 Å². The molecule has 0 radical (unpaired) electrons. The van der Waals surface area contributed by atoms with Crippen LogP contribution in [0.4, 0.5) is 0 Å². The number of hydrogen-bond donors (Lipinski definition) is 0. The molecule has 0 aliphatic carbocycles. The smallest absolute Gasteiger partial charge is 0.747 e. The number of unbranched alkanes of at least 4 members (excludes halogenated alkanes) is 3. The molecule has 0 spiro atoms. The van der Waals surface area contributed by atoms with Crippen LogP contribution in [0.3, 0.4) is 0 Å². The minimum absolute atomic E-state index is 0. The van der Waals surface area contributed by atoms with Crippen LogP contribution < -0.4 is 29.6 Å². The van der Waals surface area contributed by atoms with Gasteiger partial charge in [-0.25, -0.2) is 13.2 Å². The fourth-order valence-corrected chi connectivity index (χ4v) is 2.85. The van der Waals surface area contributed by atoms with E-state index in [1.807, 2.05) is 6.92 Å². The van der Waals surface area contributed by atoms with Crippen molar-refractivity contribution < 1.29 is 61.6 Å². The number of allylic oxidation sites excluding steroid dienone is 1. The molecule has 1 atom stereocenters. The molecular weight excluding hydrogens is 347 g/mol. The van der Waals surface area contributed by atoms with Gasteiger partial charge >= 0.3 is 41.5 Å². The molecular formula is C15H25NaO7S. The van der Waals surface area contributed by atoms with E-state index in [1.165, 1.54) is 13.0 Å². The van der Waals surface area contributed by atoms with E-state index in [0.717, 1.165) is 25.5 Å². The predicted octanol–water partition coefficient (Wildman–Crippen LogP) is -0.725. The molecule has 0 aromatic heterocycles. The molecule has 0 aliphatic heterocycles. The van der Waals surface area contributed by atoms with E-state index in [-0.39, 0.29) is 42.6 Å². The number of rotatable bonds is 11. The second-order valence-electron chi connectivity index (χ2n) is 5.13. The van der Waals surface area contributed by atoms with Crippen molar-refractivity contribution in [3.05, 3.63) is 12.3 Å². The quantitative estimate of drug-likeness (QED) is 0.155. The van der Waals surface area contributed by atoms with Crippen LogP contribution in [0, 0.1) is 0 Å². The fourth-order valence-electron chi connectivity index (χ4n) is 1.94. The number of hydrogen-bond acceptors (Lipinski definition) is 7. The van der Waals surface area contributed by atoms with E-state index < -0.39 is 33.2 Å². The zero-order valence-corrected chi connectivity index (χ0v) is 17.7. The van der Waals surface area contributed by atoms with Gasteiger partial charge in [-0.3, -0.25) is 4.79 Å². The van der Waals surface area contributed by atoms with Gasteiger partial charge in [-0.05, 0) is 19.8 Å². The Balaban J connectivity index is 0. The normalized spacial score (nSPS) is 13.8.